The first-order chi connectivity index (χ1) is 12.0. The van der Waals surface area contributed by atoms with Crippen molar-refractivity contribution in [2.75, 3.05) is 11.4 Å². The van der Waals surface area contributed by atoms with E-state index in [1.165, 1.54) is 16.6 Å². The first-order valence-corrected chi connectivity index (χ1v) is 7.55. The number of aromatic hydroxyl groups is 2. The van der Waals surface area contributed by atoms with Gasteiger partial charge in [-0.15, -0.1) is 0 Å². The lowest BCUT2D eigenvalue weighted by Crippen LogP contribution is -2.46. The van der Waals surface area contributed by atoms with Gasteiger partial charge in [0.05, 0.1) is 5.56 Å². The number of rotatable bonds is 2. The van der Waals surface area contributed by atoms with Gasteiger partial charge in [0.2, 0.25) is 7.98 Å². The van der Waals surface area contributed by atoms with E-state index in [0.29, 0.717) is 11.4 Å². The Bertz CT molecular complexity index is 1030. The molecule has 0 aliphatic carbocycles. The molecule has 0 unspecified atom stereocenters. The number of carbonyl (C=O) groups excluding carboxylic acids is 1. The van der Waals surface area contributed by atoms with E-state index < -0.39 is 0 Å². The van der Waals surface area contributed by atoms with Gasteiger partial charge in [-0.3, -0.25) is 4.79 Å². The molecule has 1 amide bonds. The quantitative estimate of drug-likeness (QED) is 0.617. The van der Waals surface area contributed by atoms with E-state index in [-0.39, 0.29) is 24.0 Å². The molecule has 1 aliphatic rings. The van der Waals surface area contributed by atoms with Gasteiger partial charge in [-0.25, -0.2) is 5.43 Å². The SMILES string of the molecule is [B]n1ccc2cc(N3CC(=O)NN=C3c3ccc(O)cc3O)ccc21. The predicted octanol–water partition coefficient (Wildman–Crippen LogP) is 1.28. The third kappa shape index (κ3) is 2.57. The largest absolute Gasteiger partial charge is 0.508 e. The summed E-state index contributed by atoms with van der Waals surface area (Å²) in [6.45, 7) is 0.0496. The Balaban J connectivity index is 1.82. The Morgan fingerprint density at radius 1 is 1.12 bits per heavy atom. The van der Waals surface area contributed by atoms with Gasteiger partial charge in [0, 0.05) is 22.7 Å². The van der Waals surface area contributed by atoms with Crippen molar-refractivity contribution in [1.82, 2.24) is 9.90 Å². The predicted molar refractivity (Wildman–Crippen MR) is 94.9 cm³/mol. The van der Waals surface area contributed by atoms with E-state index in [1.807, 2.05) is 24.3 Å². The normalized spacial score (nSPS) is 14.5. The van der Waals surface area contributed by atoms with Crippen molar-refractivity contribution in [3.05, 3.63) is 54.2 Å². The Labute approximate surface area is 144 Å². The van der Waals surface area contributed by atoms with Gasteiger partial charge in [-0.1, -0.05) is 0 Å². The molecule has 0 saturated heterocycles. The second-order valence-corrected chi connectivity index (χ2v) is 5.72. The second kappa shape index (κ2) is 5.59. The molecule has 2 aromatic carbocycles. The zero-order chi connectivity index (χ0) is 17.6. The number of carbonyl (C=O) groups is 1. The minimum Gasteiger partial charge on any atom is -0.508 e. The van der Waals surface area contributed by atoms with Crippen LogP contribution in [0.25, 0.3) is 10.9 Å². The summed E-state index contributed by atoms with van der Waals surface area (Å²) in [6, 6.07) is 11.7. The Kier molecular flexibility index (Phi) is 3.38. The molecule has 3 N–H and O–H groups in total. The second-order valence-electron chi connectivity index (χ2n) is 5.72. The fourth-order valence-corrected chi connectivity index (χ4v) is 2.88. The molecule has 122 valence electrons. The van der Waals surface area contributed by atoms with Crippen LogP contribution >= 0.6 is 0 Å². The van der Waals surface area contributed by atoms with Gasteiger partial charge in [-0.05, 0) is 42.6 Å². The number of nitrogens with one attached hydrogen (secondary N) is 1. The molecular weight excluding hydrogens is 319 g/mol. The van der Waals surface area contributed by atoms with Gasteiger partial charge in [0.25, 0.3) is 5.91 Å². The molecule has 25 heavy (non-hydrogen) atoms. The number of hydrogen-bond acceptors (Lipinski definition) is 5. The summed E-state index contributed by atoms with van der Waals surface area (Å²) in [6.07, 6.45) is 1.75. The smallest absolute Gasteiger partial charge is 0.260 e. The molecule has 1 aliphatic heterocycles. The van der Waals surface area contributed by atoms with Crippen LogP contribution in [0.1, 0.15) is 5.56 Å². The van der Waals surface area contributed by atoms with Gasteiger partial charge < -0.3 is 19.6 Å². The molecule has 2 heterocycles. The molecule has 0 atom stereocenters. The molecular formula is C17H13BN4O3. The summed E-state index contributed by atoms with van der Waals surface area (Å²) in [4.78, 5) is 13.5. The molecule has 7 nitrogen and oxygen atoms in total. The Hall–Kier alpha value is -3.42. The Morgan fingerprint density at radius 2 is 1.96 bits per heavy atom. The van der Waals surface area contributed by atoms with Crippen LogP contribution in [0.5, 0.6) is 11.5 Å². The van der Waals surface area contributed by atoms with Gasteiger partial charge >= 0.3 is 0 Å². The molecule has 0 bridgehead atoms. The van der Waals surface area contributed by atoms with E-state index in [4.69, 9.17) is 7.98 Å². The van der Waals surface area contributed by atoms with Gasteiger partial charge in [0.1, 0.15) is 18.0 Å². The average molecular weight is 332 g/mol. The highest BCUT2D eigenvalue weighted by Gasteiger charge is 2.25. The summed E-state index contributed by atoms with van der Waals surface area (Å²) in [5, 5.41) is 24.6. The molecule has 0 spiro atoms. The van der Waals surface area contributed by atoms with E-state index >= 15 is 0 Å². The van der Waals surface area contributed by atoms with Crippen LogP contribution in [0.15, 0.2) is 53.8 Å². The minimum atomic E-state index is -0.265. The summed E-state index contributed by atoms with van der Waals surface area (Å²) in [5.41, 5.74) is 4.41. The highest BCUT2D eigenvalue weighted by molar-refractivity contribution is 6.16. The number of hydrazone groups is 1. The maximum absolute atomic E-state index is 11.8. The summed E-state index contributed by atoms with van der Waals surface area (Å²) >= 11 is 0. The minimum absolute atomic E-state index is 0.0496. The third-order valence-corrected chi connectivity index (χ3v) is 4.08. The molecule has 1 aromatic heterocycles. The maximum Gasteiger partial charge on any atom is 0.260 e. The van der Waals surface area contributed by atoms with Crippen LogP contribution in [0.2, 0.25) is 0 Å². The number of amidine groups is 1. The van der Waals surface area contributed by atoms with Crippen molar-refractivity contribution in [3.8, 4) is 11.5 Å². The first kappa shape index (κ1) is 15.1. The van der Waals surface area contributed by atoms with E-state index in [2.05, 4.69) is 10.5 Å². The van der Waals surface area contributed by atoms with Crippen molar-refractivity contribution < 1.29 is 15.0 Å². The number of amides is 1. The summed E-state index contributed by atoms with van der Waals surface area (Å²) in [7, 11) is 5.84. The topological polar surface area (TPSA) is 90.1 Å². The number of fused-ring (bicyclic) bond motifs is 1. The highest BCUT2D eigenvalue weighted by Crippen LogP contribution is 2.29. The first-order valence-electron chi connectivity index (χ1n) is 7.55. The standard InChI is InChI=1S/C17H13BN4O3/c18-22-6-5-10-7-11(1-4-14(10)22)21-9-16(25)19-20-17(21)13-3-2-12(23)8-15(13)24/h1-8,23-24H,9H2,(H,19,25). The lowest BCUT2D eigenvalue weighted by atomic mass is 10.1. The van der Waals surface area contributed by atoms with E-state index in [1.54, 1.807) is 17.2 Å². The lowest BCUT2D eigenvalue weighted by Gasteiger charge is -2.29. The van der Waals surface area contributed by atoms with Crippen LogP contribution in [-0.4, -0.2) is 41.0 Å². The summed E-state index contributed by atoms with van der Waals surface area (Å²) in [5.74, 6) is -0.0739. The number of phenolic OH excluding ortho intramolecular Hbond substituents is 2. The molecule has 2 radical (unpaired) electrons. The lowest BCUT2D eigenvalue weighted by molar-refractivity contribution is -0.119. The number of aromatic nitrogens is 1. The van der Waals surface area contributed by atoms with Crippen molar-refractivity contribution in [1.29, 1.82) is 0 Å². The summed E-state index contributed by atoms with van der Waals surface area (Å²) < 4.78 is 1.52. The fraction of sp³-hybridized carbons (Fsp3) is 0.0588. The van der Waals surface area contributed by atoms with Crippen molar-refractivity contribution in [3.63, 3.8) is 0 Å². The number of anilines is 1. The van der Waals surface area contributed by atoms with Crippen molar-refractivity contribution in [2.45, 2.75) is 0 Å². The number of hydrogen-bond donors (Lipinski definition) is 3. The molecule has 8 heteroatoms. The van der Waals surface area contributed by atoms with E-state index in [0.717, 1.165) is 16.6 Å². The van der Waals surface area contributed by atoms with Gasteiger partial charge in [-0.2, -0.15) is 5.10 Å². The van der Waals surface area contributed by atoms with Crippen LogP contribution < -0.4 is 10.3 Å². The number of nitrogens with zero attached hydrogens (tertiary/aromatic N) is 3. The van der Waals surface area contributed by atoms with Crippen molar-refractivity contribution >= 4 is 36.3 Å². The van der Waals surface area contributed by atoms with Crippen LogP contribution in [-0.2, 0) is 4.79 Å². The van der Waals surface area contributed by atoms with Gasteiger partial charge in [0.15, 0.2) is 5.84 Å². The monoisotopic (exact) mass is 332 g/mol. The Morgan fingerprint density at radius 3 is 2.76 bits per heavy atom. The van der Waals surface area contributed by atoms with Crippen LogP contribution in [0, 0.1) is 0 Å². The zero-order valence-electron chi connectivity index (χ0n) is 13.0. The fourth-order valence-electron chi connectivity index (χ4n) is 2.88. The van der Waals surface area contributed by atoms with Crippen LogP contribution in [0.4, 0.5) is 5.69 Å². The molecule has 0 saturated carbocycles. The van der Waals surface area contributed by atoms with Crippen molar-refractivity contribution in [2.24, 2.45) is 5.10 Å². The maximum atomic E-state index is 11.8. The average Bonchev–Trinajstić information content (AvgIpc) is 2.96. The number of phenols is 2. The van der Waals surface area contributed by atoms with E-state index in [9.17, 15) is 15.0 Å². The molecule has 4 rings (SSSR count). The van der Waals surface area contributed by atoms with Crippen LogP contribution in [0.3, 0.4) is 0 Å². The number of benzene rings is 2. The molecule has 0 fully saturated rings. The third-order valence-electron chi connectivity index (χ3n) is 4.08. The molecule has 3 aromatic rings. The highest BCUT2D eigenvalue weighted by atomic mass is 16.3. The zero-order valence-corrected chi connectivity index (χ0v) is 13.0.